The van der Waals surface area contributed by atoms with Gasteiger partial charge in [0.25, 0.3) is 0 Å². The minimum Gasteiger partial charge on any atom is -0.336 e. The molecule has 0 aliphatic carbocycles. The molecular formula is C9H17N3. The molecule has 0 fully saturated rings. The average molecular weight is 167 g/mol. The van der Waals surface area contributed by atoms with E-state index in [-0.39, 0.29) is 5.41 Å². The van der Waals surface area contributed by atoms with Crippen molar-refractivity contribution in [2.45, 2.75) is 32.7 Å². The van der Waals surface area contributed by atoms with Gasteiger partial charge in [-0.25, -0.2) is 4.98 Å². The third kappa shape index (κ3) is 1.50. The van der Waals surface area contributed by atoms with Crippen molar-refractivity contribution < 1.29 is 0 Å². The van der Waals surface area contributed by atoms with Crippen LogP contribution in [0.25, 0.3) is 0 Å². The van der Waals surface area contributed by atoms with Crippen LogP contribution in [0.5, 0.6) is 0 Å². The summed E-state index contributed by atoms with van der Waals surface area (Å²) in [4.78, 5) is 4.34. The summed E-state index contributed by atoms with van der Waals surface area (Å²) in [6.07, 6.45) is 1.82. The third-order valence-electron chi connectivity index (χ3n) is 1.96. The van der Waals surface area contributed by atoms with Gasteiger partial charge < -0.3 is 10.3 Å². The first kappa shape index (κ1) is 9.26. The predicted molar refractivity (Wildman–Crippen MR) is 49.8 cm³/mol. The van der Waals surface area contributed by atoms with Crippen molar-refractivity contribution in [3.8, 4) is 0 Å². The average Bonchev–Trinajstić information content (AvgIpc) is 2.29. The van der Waals surface area contributed by atoms with Crippen molar-refractivity contribution in [1.29, 1.82) is 0 Å². The highest BCUT2D eigenvalue weighted by Gasteiger charge is 2.20. The van der Waals surface area contributed by atoms with Gasteiger partial charge >= 0.3 is 0 Å². The highest BCUT2D eigenvalue weighted by Crippen LogP contribution is 2.23. The summed E-state index contributed by atoms with van der Waals surface area (Å²) in [6, 6.07) is 0. The number of imidazole rings is 1. The number of aromatic nitrogens is 2. The van der Waals surface area contributed by atoms with Gasteiger partial charge in [-0.2, -0.15) is 0 Å². The minimum atomic E-state index is 0.0932. The molecule has 1 heterocycles. The smallest absolute Gasteiger partial charge is 0.0949 e. The minimum absolute atomic E-state index is 0.0932. The second-order valence-electron chi connectivity index (χ2n) is 4.10. The molecule has 12 heavy (non-hydrogen) atoms. The predicted octanol–water partition coefficient (Wildman–Crippen LogP) is 1.18. The number of aryl methyl sites for hydroxylation is 1. The molecule has 0 saturated carbocycles. The molecule has 0 unspecified atom stereocenters. The van der Waals surface area contributed by atoms with Crippen molar-refractivity contribution in [3.05, 3.63) is 17.7 Å². The highest BCUT2D eigenvalue weighted by atomic mass is 15.0. The van der Waals surface area contributed by atoms with E-state index in [9.17, 15) is 0 Å². The van der Waals surface area contributed by atoms with Crippen LogP contribution in [0.2, 0.25) is 0 Å². The molecule has 0 atom stereocenters. The molecule has 0 radical (unpaired) electrons. The van der Waals surface area contributed by atoms with Gasteiger partial charge in [0.05, 0.1) is 17.7 Å². The van der Waals surface area contributed by atoms with Gasteiger partial charge in [-0.05, 0) is 0 Å². The Balaban J connectivity index is 3.16. The lowest BCUT2D eigenvalue weighted by Gasteiger charge is -2.17. The molecule has 3 heteroatoms. The summed E-state index contributed by atoms with van der Waals surface area (Å²) >= 11 is 0. The van der Waals surface area contributed by atoms with Gasteiger partial charge in [0.15, 0.2) is 0 Å². The van der Waals surface area contributed by atoms with Gasteiger partial charge in [-0.15, -0.1) is 0 Å². The molecule has 1 aromatic rings. The molecule has 0 aromatic carbocycles. The molecule has 68 valence electrons. The Kier molecular flexibility index (Phi) is 2.24. The van der Waals surface area contributed by atoms with Crippen LogP contribution in [0.3, 0.4) is 0 Å². The molecule has 0 amide bonds. The number of hydrogen-bond acceptors (Lipinski definition) is 2. The van der Waals surface area contributed by atoms with E-state index in [1.165, 1.54) is 0 Å². The van der Waals surface area contributed by atoms with Crippen LogP contribution in [-0.2, 0) is 19.0 Å². The SMILES string of the molecule is Cn1cnc(C(C)(C)C)c1CN. The fraction of sp³-hybridized carbons (Fsp3) is 0.667. The van der Waals surface area contributed by atoms with E-state index in [0.29, 0.717) is 6.54 Å². The van der Waals surface area contributed by atoms with Crippen molar-refractivity contribution >= 4 is 0 Å². The van der Waals surface area contributed by atoms with Crippen molar-refractivity contribution in [3.63, 3.8) is 0 Å². The van der Waals surface area contributed by atoms with Crippen LogP contribution < -0.4 is 5.73 Å². The normalized spacial score (nSPS) is 12.1. The maximum absolute atomic E-state index is 5.63. The Morgan fingerprint density at radius 1 is 1.50 bits per heavy atom. The van der Waals surface area contributed by atoms with Crippen molar-refractivity contribution in [2.24, 2.45) is 12.8 Å². The van der Waals surface area contributed by atoms with Gasteiger partial charge in [0.1, 0.15) is 0 Å². The van der Waals surface area contributed by atoms with Gasteiger partial charge in [-0.1, -0.05) is 20.8 Å². The largest absolute Gasteiger partial charge is 0.336 e. The molecular weight excluding hydrogens is 150 g/mol. The Labute approximate surface area is 73.6 Å². The van der Waals surface area contributed by atoms with Crippen LogP contribution >= 0.6 is 0 Å². The highest BCUT2D eigenvalue weighted by molar-refractivity contribution is 5.20. The summed E-state index contributed by atoms with van der Waals surface area (Å²) in [5, 5.41) is 0. The monoisotopic (exact) mass is 167 g/mol. The quantitative estimate of drug-likeness (QED) is 0.682. The van der Waals surface area contributed by atoms with Crippen LogP contribution in [0.4, 0.5) is 0 Å². The molecule has 0 bridgehead atoms. The number of hydrogen-bond donors (Lipinski definition) is 1. The summed E-state index contributed by atoms with van der Waals surface area (Å²) in [7, 11) is 1.98. The fourth-order valence-electron chi connectivity index (χ4n) is 1.32. The third-order valence-corrected chi connectivity index (χ3v) is 1.96. The van der Waals surface area contributed by atoms with Crippen LogP contribution in [0.15, 0.2) is 6.33 Å². The maximum atomic E-state index is 5.63. The van der Waals surface area contributed by atoms with E-state index in [1.54, 1.807) is 0 Å². The molecule has 0 spiro atoms. The van der Waals surface area contributed by atoms with E-state index in [4.69, 9.17) is 5.73 Å². The summed E-state index contributed by atoms with van der Waals surface area (Å²) in [5.74, 6) is 0. The molecule has 3 nitrogen and oxygen atoms in total. The molecule has 0 aliphatic heterocycles. The van der Waals surface area contributed by atoms with Gasteiger partial charge in [-0.3, -0.25) is 0 Å². The second kappa shape index (κ2) is 2.90. The summed E-state index contributed by atoms with van der Waals surface area (Å²) < 4.78 is 1.99. The number of rotatable bonds is 1. The van der Waals surface area contributed by atoms with E-state index in [2.05, 4.69) is 25.8 Å². The number of nitrogens with zero attached hydrogens (tertiary/aromatic N) is 2. The zero-order chi connectivity index (χ0) is 9.35. The van der Waals surface area contributed by atoms with Crippen LogP contribution in [0.1, 0.15) is 32.2 Å². The summed E-state index contributed by atoms with van der Waals surface area (Å²) in [6.45, 7) is 7.00. The second-order valence-corrected chi connectivity index (χ2v) is 4.10. The fourth-order valence-corrected chi connectivity index (χ4v) is 1.32. The van der Waals surface area contributed by atoms with Crippen LogP contribution in [0, 0.1) is 0 Å². The Bertz CT molecular complexity index is 268. The first-order chi connectivity index (χ1) is 5.46. The lowest BCUT2D eigenvalue weighted by Crippen LogP contribution is -2.17. The maximum Gasteiger partial charge on any atom is 0.0949 e. The standard InChI is InChI=1S/C9H17N3/c1-9(2,3)8-7(5-10)12(4)6-11-8/h6H,5,10H2,1-4H3. The molecule has 2 N–H and O–H groups in total. The topological polar surface area (TPSA) is 43.8 Å². The molecule has 0 aliphatic rings. The first-order valence-corrected chi connectivity index (χ1v) is 4.17. The molecule has 1 aromatic heterocycles. The van der Waals surface area contributed by atoms with E-state index < -0.39 is 0 Å². The molecule has 1 rings (SSSR count). The Hall–Kier alpha value is -0.830. The van der Waals surface area contributed by atoms with E-state index >= 15 is 0 Å². The lowest BCUT2D eigenvalue weighted by atomic mass is 9.91. The van der Waals surface area contributed by atoms with Gasteiger partial charge in [0, 0.05) is 19.0 Å². The zero-order valence-electron chi connectivity index (χ0n) is 8.26. The van der Waals surface area contributed by atoms with Crippen LogP contribution in [-0.4, -0.2) is 9.55 Å². The van der Waals surface area contributed by atoms with E-state index in [1.807, 2.05) is 17.9 Å². The Morgan fingerprint density at radius 3 is 2.42 bits per heavy atom. The van der Waals surface area contributed by atoms with E-state index in [0.717, 1.165) is 11.4 Å². The van der Waals surface area contributed by atoms with Crippen molar-refractivity contribution in [1.82, 2.24) is 9.55 Å². The Morgan fingerprint density at radius 2 is 2.08 bits per heavy atom. The molecule has 0 saturated heterocycles. The van der Waals surface area contributed by atoms with Gasteiger partial charge in [0.2, 0.25) is 0 Å². The number of nitrogens with two attached hydrogens (primary N) is 1. The van der Waals surface area contributed by atoms with Crippen molar-refractivity contribution in [2.75, 3.05) is 0 Å². The first-order valence-electron chi connectivity index (χ1n) is 4.17. The lowest BCUT2D eigenvalue weighted by molar-refractivity contribution is 0.561. The summed E-state index contributed by atoms with van der Waals surface area (Å²) in [5.41, 5.74) is 7.96. The zero-order valence-corrected chi connectivity index (χ0v) is 8.26.